The number of ether oxygens (including phenoxy) is 2. The molecule has 0 bridgehead atoms. The van der Waals surface area contributed by atoms with E-state index < -0.39 is 11.9 Å². The maximum Gasteiger partial charge on any atom is 0.233 e. The minimum atomic E-state index is -0.473. The summed E-state index contributed by atoms with van der Waals surface area (Å²) in [5.41, 5.74) is 0. The summed E-state index contributed by atoms with van der Waals surface area (Å²) in [6.07, 6.45) is -0.473. The Kier molecular flexibility index (Phi) is 6.68. The lowest BCUT2D eigenvalue weighted by molar-refractivity contribution is -0.132. The zero-order valence-electron chi connectivity index (χ0n) is 15.4. The molecule has 0 radical (unpaired) electrons. The third-order valence-electron chi connectivity index (χ3n) is 4.25. The van der Waals surface area contributed by atoms with E-state index in [1.165, 1.54) is 17.8 Å². The number of hydrogen-bond donors (Lipinski definition) is 0. The molecule has 1 unspecified atom stereocenters. The fraction of sp³-hybridized carbons (Fsp3) is 0.500. The molecule has 1 aliphatic rings. The van der Waals surface area contributed by atoms with Gasteiger partial charge in [0.25, 0.3) is 0 Å². The number of para-hydroxylation sites is 1. The second-order valence-corrected chi connectivity index (χ2v) is 7.00. The van der Waals surface area contributed by atoms with Crippen LogP contribution in [0.4, 0.5) is 4.39 Å². The van der Waals surface area contributed by atoms with Gasteiger partial charge in [-0.15, -0.1) is 10.2 Å². The number of aromatic nitrogens is 3. The number of hydrogen-bond acceptors (Lipinski definition) is 6. The minimum Gasteiger partial charge on any atom is -0.480 e. The monoisotopic (exact) mass is 394 g/mol. The summed E-state index contributed by atoms with van der Waals surface area (Å²) in [6.45, 7) is 6.80. The summed E-state index contributed by atoms with van der Waals surface area (Å²) < 4.78 is 26.7. The summed E-state index contributed by atoms with van der Waals surface area (Å²) in [5, 5.41) is 9.05. The molecule has 1 amide bonds. The average molecular weight is 394 g/mol. The largest absolute Gasteiger partial charge is 0.480 e. The van der Waals surface area contributed by atoms with Crippen LogP contribution in [0.15, 0.2) is 29.4 Å². The molecule has 146 valence electrons. The number of carbonyl (C=O) groups excluding carboxylic acids is 1. The van der Waals surface area contributed by atoms with Gasteiger partial charge in [-0.25, -0.2) is 4.39 Å². The fourth-order valence-electron chi connectivity index (χ4n) is 2.82. The molecule has 0 N–H and O–H groups in total. The highest BCUT2D eigenvalue weighted by molar-refractivity contribution is 7.99. The number of rotatable bonds is 7. The van der Waals surface area contributed by atoms with Crippen molar-refractivity contribution in [3.63, 3.8) is 0 Å². The topological polar surface area (TPSA) is 69.5 Å². The first-order valence-electron chi connectivity index (χ1n) is 8.92. The molecule has 1 aromatic carbocycles. The third kappa shape index (κ3) is 4.78. The number of thioether (sulfide) groups is 1. The van der Waals surface area contributed by atoms with Gasteiger partial charge in [0.2, 0.25) is 5.91 Å². The van der Waals surface area contributed by atoms with Gasteiger partial charge in [0.15, 0.2) is 28.7 Å². The first kappa shape index (κ1) is 19.6. The summed E-state index contributed by atoms with van der Waals surface area (Å²) in [4.78, 5) is 14.1. The second kappa shape index (κ2) is 9.18. The van der Waals surface area contributed by atoms with Crippen LogP contribution in [0.5, 0.6) is 5.75 Å². The molecule has 27 heavy (non-hydrogen) atoms. The van der Waals surface area contributed by atoms with Gasteiger partial charge < -0.3 is 18.9 Å². The molecule has 2 heterocycles. The lowest BCUT2D eigenvalue weighted by Crippen LogP contribution is -2.41. The Balaban J connectivity index is 1.65. The van der Waals surface area contributed by atoms with E-state index >= 15 is 0 Å². The molecule has 1 aromatic heterocycles. The molecule has 1 fully saturated rings. The summed E-state index contributed by atoms with van der Waals surface area (Å²) >= 11 is 1.35. The van der Waals surface area contributed by atoms with E-state index in [1.807, 2.05) is 11.5 Å². The Hall–Kier alpha value is -2.13. The number of carbonyl (C=O) groups is 1. The highest BCUT2D eigenvalue weighted by Crippen LogP contribution is 2.26. The van der Waals surface area contributed by atoms with Crippen molar-refractivity contribution >= 4 is 17.7 Å². The first-order chi connectivity index (χ1) is 13.1. The van der Waals surface area contributed by atoms with Crippen LogP contribution >= 0.6 is 11.8 Å². The van der Waals surface area contributed by atoms with E-state index in [2.05, 4.69) is 10.2 Å². The van der Waals surface area contributed by atoms with Gasteiger partial charge in [-0.2, -0.15) is 0 Å². The van der Waals surface area contributed by atoms with Gasteiger partial charge in [0, 0.05) is 19.6 Å². The fourth-order valence-corrected chi connectivity index (χ4v) is 3.73. The van der Waals surface area contributed by atoms with Crippen molar-refractivity contribution in [2.24, 2.45) is 0 Å². The zero-order valence-corrected chi connectivity index (χ0v) is 16.2. The molecule has 0 spiro atoms. The van der Waals surface area contributed by atoms with E-state index in [1.54, 1.807) is 30.0 Å². The quantitative estimate of drug-likeness (QED) is 0.672. The third-order valence-corrected chi connectivity index (χ3v) is 5.21. The molecule has 0 aliphatic carbocycles. The van der Waals surface area contributed by atoms with Crippen molar-refractivity contribution < 1.29 is 18.7 Å². The maximum atomic E-state index is 13.8. The predicted molar refractivity (Wildman–Crippen MR) is 99.3 cm³/mol. The summed E-state index contributed by atoms with van der Waals surface area (Å²) in [6, 6.07) is 6.26. The van der Waals surface area contributed by atoms with Crippen LogP contribution in [0.2, 0.25) is 0 Å². The summed E-state index contributed by atoms with van der Waals surface area (Å²) in [5.74, 6) is 0.707. The van der Waals surface area contributed by atoms with E-state index in [-0.39, 0.29) is 11.7 Å². The van der Waals surface area contributed by atoms with Crippen molar-refractivity contribution in [2.45, 2.75) is 31.7 Å². The van der Waals surface area contributed by atoms with Crippen LogP contribution in [0.3, 0.4) is 0 Å². The van der Waals surface area contributed by atoms with Crippen molar-refractivity contribution in [3.05, 3.63) is 35.9 Å². The van der Waals surface area contributed by atoms with Crippen molar-refractivity contribution in [3.8, 4) is 5.75 Å². The predicted octanol–water partition coefficient (Wildman–Crippen LogP) is 2.53. The first-order valence-corrected chi connectivity index (χ1v) is 9.91. The van der Waals surface area contributed by atoms with Crippen LogP contribution in [0.1, 0.15) is 25.8 Å². The number of nitrogens with zero attached hydrogens (tertiary/aromatic N) is 4. The van der Waals surface area contributed by atoms with Crippen LogP contribution in [-0.2, 0) is 16.1 Å². The van der Waals surface area contributed by atoms with Crippen LogP contribution in [0.25, 0.3) is 0 Å². The molecule has 1 atom stereocenters. The maximum absolute atomic E-state index is 13.8. The number of morpholine rings is 1. The lowest BCUT2D eigenvalue weighted by atomic mass is 10.3. The molecule has 9 heteroatoms. The molecule has 1 aliphatic heterocycles. The standard InChI is InChI=1S/C18H23FN4O3S/c1-3-23-17(13(2)26-15-7-5-4-6-14(15)19)20-21-18(23)27-12-16(24)22-8-10-25-11-9-22/h4-7,13H,3,8-12H2,1-2H3. The van der Waals surface area contributed by atoms with Gasteiger partial charge in [-0.3, -0.25) is 4.79 Å². The van der Waals surface area contributed by atoms with Crippen molar-refractivity contribution in [1.82, 2.24) is 19.7 Å². The number of halogens is 1. The van der Waals surface area contributed by atoms with Crippen molar-refractivity contribution in [2.75, 3.05) is 32.1 Å². The average Bonchev–Trinajstić information content (AvgIpc) is 3.11. The number of benzene rings is 1. The molecule has 7 nitrogen and oxygen atoms in total. The van der Waals surface area contributed by atoms with Gasteiger partial charge in [0.05, 0.1) is 19.0 Å². The Morgan fingerprint density at radius 3 is 2.78 bits per heavy atom. The van der Waals surface area contributed by atoms with E-state index in [9.17, 15) is 9.18 Å². The molecular weight excluding hydrogens is 371 g/mol. The highest BCUT2D eigenvalue weighted by atomic mass is 32.2. The van der Waals surface area contributed by atoms with Crippen molar-refractivity contribution in [1.29, 1.82) is 0 Å². The Bertz CT molecular complexity index is 780. The smallest absolute Gasteiger partial charge is 0.233 e. The number of amides is 1. The van der Waals surface area contributed by atoms with E-state index in [0.717, 1.165) is 0 Å². The lowest BCUT2D eigenvalue weighted by Gasteiger charge is -2.26. The van der Waals surface area contributed by atoms with Gasteiger partial charge in [0.1, 0.15) is 0 Å². The normalized spacial score (nSPS) is 15.6. The Morgan fingerprint density at radius 1 is 1.33 bits per heavy atom. The van der Waals surface area contributed by atoms with Crippen LogP contribution < -0.4 is 4.74 Å². The molecule has 2 aromatic rings. The van der Waals surface area contributed by atoms with Gasteiger partial charge >= 0.3 is 0 Å². The van der Waals surface area contributed by atoms with Crippen LogP contribution in [0, 0.1) is 5.82 Å². The van der Waals surface area contributed by atoms with Gasteiger partial charge in [-0.05, 0) is 26.0 Å². The second-order valence-electron chi connectivity index (χ2n) is 6.06. The molecule has 3 rings (SSSR count). The molecular formula is C18H23FN4O3S. The Labute approximate surface area is 161 Å². The summed E-state index contributed by atoms with van der Waals surface area (Å²) in [7, 11) is 0. The van der Waals surface area contributed by atoms with Gasteiger partial charge in [-0.1, -0.05) is 23.9 Å². The van der Waals surface area contributed by atoms with E-state index in [0.29, 0.717) is 49.6 Å². The van der Waals surface area contributed by atoms with E-state index in [4.69, 9.17) is 9.47 Å². The highest BCUT2D eigenvalue weighted by Gasteiger charge is 2.22. The molecule has 1 saturated heterocycles. The minimum absolute atomic E-state index is 0.0613. The Morgan fingerprint density at radius 2 is 2.07 bits per heavy atom. The SMILES string of the molecule is CCn1c(SCC(=O)N2CCOCC2)nnc1C(C)Oc1ccccc1F. The molecule has 0 saturated carbocycles. The zero-order chi connectivity index (χ0) is 19.2. The van der Waals surface area contributed by atoms with Crippen LogP contribution in [-0.4, -0.2) is 57.6 Å².